The summed E-state index contributed by atoms with van der Waals surface area (Å²) in [6.07, 6.45) is 6.21. The SMILES string of the molecule is O=S1(=O)OCC(C2CCCCC2)CO1. The molecule has 2 fully saturated rings. The van der Waals surface area contributed by atoms with Crippen LogP contribution in [0, 0.1) is 11.8 Å². The Hall–Kier alpha value is -0.130. The van der Waals surface area contributed by atoms with Gasteiger partial charge in [0, 0.05) is 5.92 Å². The van der Waals surface area contributed by atoms with E-state index < -0.39 is 10.4 Å². The Morgan fingerprint density at radius 2 is 1.43 bits per heavy atom. The summed E-state index contributed by atoms with van der Waals surface area (Å²) in [7, 11) is -3.65. The van der Waals surface area contributed by atoms with Crippen LogP contribution in [-0.2, 0) is 18.8 Å². The van der Waals surface area contributed by atoms with Crippen LogP contribution in [0.5, 0.6) is 0 Å². The van der Waals surface area contributed by atoms with Gasteiger partial charge in [0.05, 0.1) is 13.2 Å². The Morgan fingerprint density at radius 1 is 0.857 bits per heavy atom. The lowest BCUT2D eigenvalue weighted by Crippen LogP contribution is -2.34. The lowest BCUT2D eigenvalue weighted by Gasteiger charge is -2.31. The Labute approximate surface area is 84.9 Å². The molecule has 0 atom stereocenters. The molecule has 1 saturated heterocycles. The minimum atomic E-state index is -3.65. The summed E-state index contributed by atoms with van der Waals surface area (Å²) in [6, 6.07) is 0. The van der Waals surface area contributed by atoms with Crippen LogP contribution in [0.1, 0.15) is 32.1 Å². The minimum absolute atomic E-state index is 0.277. The number of hydrogen-bond donors (Lipinski definition) is 0. The molecule has 0 radical (unpaired) electrons. The van der Waals surface area contributed by atoms with Gasteiger partial charge in [-0.05, 0) is 5.92 Å². The van der Waals surface area contributed by atoms with Crippen LogP contribution in [-0.4, -0.2) is 21.6 Å². The third-order valence-corrected chi connectivity index (χ3v) is 4.02. The molecule has 0 aromatic carbocycles. The topological polar surface area (TPSA) is 52.6 Å². The fraction of sp³-hybridized carbons (Fsp3) is 1.00. The molecule has 0 bridgehead atoms. The van der Waals surface area contributed by atoms with Crippen molar-refractivity contribution in [1.82, 2.24) is 0 Å². The number of rotatable bonds is 1. The summed E-state index contributed by atoms with van der Waals surface area (Å²) < 4.78 is 31.0. The molecule has 0 unspecified atom stereocenters. The maximum atomic E-state index is 10.8. The molecule has 0 aromatic heterocycles. The molecule has 0 aromatic rings. The lowest BCUT2D eigenvalue weighted by molar-refractivity contribution is 0.0575. The van der Waals surface area contributed by atoms with Gasteiger partial charge in [-0.15, -0.1) is 0 Å². The zero-order valence-electron chi connectivity index (χ0n) is 8.15. The molecule has 0 N–H and O–H groups in total. The molecule has 5 heteroatoms. The normalized spacial score (nSPS) is 30.3. The van der Waals surface area contributed by atoms with Gasteiger partial charge in [0.2, 0.25) is 0 Å². The highest BCUT2D eigenvalue weighted by Gasteiger charge is 2.31. The predicted octanol–water partition coefficient (Wildman–Crippen LogP) is 1.47. The largest absolute Gasteiger partial charge is 0.399 e. The Morgan fingerprint density at radius 3 is 2.00 bits per heavy atom. The van der Waals surface area contributed by atoms with Crippen molar-refractivity contribution in [3.05, 3.63) is 0 Å². The number of hydrogen-bond acceptors (Lipinski definition) is 4. The maximum Gasteiger partial charge on any atom is 0.399 e. The van der Waals surface area contributed by atoms with Gasteiger partial charge in [-0.2, -0.15) is 8.42 Å². The highest BCUT2D eigenvalue weighted by Crippen LogP contribution is 2.32. The van der Waals surface area contributed by atoms with Crippen molar-refractivity contribution in [1.29, 1.82) is 0 Å². The fourth-order valence-corrected chi connectivity index (χ4v) is 3.05. The summed E-state index contributed by atoms with van der Waals surface area (Å²) in [6.45, 7) is 0.625. The van der Waals surface area contributed by atoms with Gasteiger partial charge in [-0.25, -0.2) is 8.37 Å². The van der Waals surface area contributed by atoms with Crippen molar-refractivity contribution in [2.45, 2.75) is 32.1 Å². The molecular weight excluding hydrogens is 204 g/mol. The second kappa shape index (κ2) is 4.16. The molecule has 1 aliphatic heterocycles. The molecule has 1 saturated carbocycles. The molecule has 2 aliphatic rings. The lowest BCUT2D eigenvalue weighted by atomic mass is 9.81. The molecule has 0 amide bonds. The summed E-state index contributed by atoms with van der Waals surface area (Å²) in [5.41, 5.74) is 0. The van der Waals surface area contributed by atoms with E-state index in [9.17, 15) is 8.42 Å². The quantitative estimate of drug-likeness (QED) is 0.671. The first-order valence-electron chi connectivity index (χ1n) is 5.21. The molecular formula is C9H16O4S. The summed E-state index contributed by atoms with van der Waals surface area (Å²) in [5.74, 6) is 0.873. The van der Waals surface area contributed by atoms with Gasteiger partial charge in [0.15, 0.2) is 0 Å². The Kier molecular flexibility index (Phi) is 3.09. The standard InChI is InChI=1S/C9H16O4S/c10-14(11)12-6-9(7-13-14)8-4-2-1-3-5-8/h8-9H,1-7H2. The average Bonchev–Trinajstić information content (AvgIpc) is 2.19. The van der Waals surface area contributed by atoms with E-state index in [0.717, 1.165) is 0 Å². The van der Waals surface area contributed by atoms with Gasteiger partial charge in [0.1, 0.15) is 0 Å². The average molecular weight is 220 g/mol. The van der Waals surface area contributed by atoms with E-state index >= 15 is 0 Å². The summed E-state index contributed by atoms with van der Waals surface area (Å²) in [5, 5.41) is 0. The summed E-state index contributed by atoms with van der Waals surface area (Å²) >= 11 is 0. The maximum absolute atomic E-state index is 10.8. The highest BCUT2D eigenvalue weighted by molar-refractivity contribution is 7.81. The van der Waals surface area contributed by atoms with Gasteiger partial charge < -0.3 is 0 Å². The third-order valence-electron chi connectivity index (χ3n) is 3.17. The first-order valence-corrected chi connectivity index (χ1v) is 6.54. The van der Waals surface area contributed by atoms with Crippen LogP contribution in [0.15, 0.2) is 0 Å². The van der Waals surface area contributed by atoms with Crippen LogP contribution < -0.4 is 0 Å². The Bertz CT molecular complexity index is 265. The van der Waals surface area contributed by atoms with E-state index in [1.54, 1.807) is 0 Å². The van der Waals surface area contributed by atoms with Gasteiger partial charge in [-0.3, -0.25) is 0 Å². The summed E-state index contributed by atoms with van der Waals surface area (Å²) in [4.78, 5) is 0. The van der Waals surface area contributed by atoms with E-state index in [1.807, 2.05) is 0 Å². The van der Waals surface area contributed by atoms with E-state index in [4.69, 9.17) is 0 Å². The second-order valence-electron chi connectivity index (χ2n) is 4.14. The zero-order chi connectivity index (χ0) is 10.0. The van der Waals surface area contributed by atoms with Crippen molar-refractivity contribution < 1.29 is 16.8 Å². The molecule has 2 rings (SSSR count). The molecule has 1 heterocycles. The van der Waals surface area contributed by atoms with Crippen LogP contribution in [0.2, 0.25) is 0 Å². The van der Waals surface area contributed by atoms with Crippen molar-refractivity contribution in [2.75, 3.05) is 13.2 Å². The van der Waals surface area contributed by atoms with Crippen molar-refractivity contribution in [3.8, 4) is 0 Å². The van der Waals surface area contributed by atoms with E-state index in [0.29, 0.717) is 19.1 Å². The molecule has 14 heavy (non-hydrogen) atoms. The molecule has 4 nitrogen and oxygen atoms in total. The fourth-order valence-electron chi connectivity index (χ4n) is 2.30. The molecule has 0 spiro atoms. The highest BCUT2D eigenvalue weighted by atomic mass is 32.3. The third kappa shape index (κ3) is 2.46. The van der Waals surface area contributed by atoms with Crippen molar-refractivity contribution in [2.24, 2.45) is 11.8 Å². The van der Waals surface area contributed by atoms with Crippen LogP contribution in [0.3, 0.4) is 0 Å². The van der Waals surface area contributed by atoms with Crippen LogP contribution in [0.25, 0.3) is 0 Å². The second-order valence-corrected chi connectivity index (χ2v) is 5.42. The van der Waals surface area contributed by atoms with Gasteiger partial charge in [-0.1, -0.05) is 32.1 Å². The van der Waals surface area contributed by atoms with E-state index in [1.165, 1.54) is 32.1 Å². The van der Waals surface area contributed by atoms with E-state index in [2.05, 4.69) is 8.37 Å². The smallest absolute Gasteiger partial charge is 0.248 e. The van der Waals surface area contributed by atoms with Crippen molar-refractivity contribution in [3.63, 3.8) is 0 Å². The minimum Gasteiger partial charge on any atom is -0.248 e. The predicted molar refractivity (Wildman–Crippen MR) is 50.9 cm³/mol. The van der Waals surface area contributed by atoms with Crippen LogP contribution in [0.4, 0.5) is 0 Å². The molecule has 82 valence electrons. The first-order chi connectivity index (χ1) is 6.67. The Balaban J connectivity index is 1.88. The monoisotopic (exact) mass is 220 g/mol. The van der Waals surface area contributed by atoms with Gasteiger partial charge >= 0.3 is 10.4 Å². The van der Waals surface area contributed by atoms with Gasteiger partial charge in [0.25, 0.3) is 0 Å². The van der Waals surface area contributed by atoms with E-state index in [-0.39, 0.29) is 5.92 Å². The zero-order valence-corrected chi connectivity index (χ0v) is 8.96. The molecule has 1 aliphatic carbocycles. The first kappa shape index (κ1) is 10.4. The van der Waals surface area contributed by atoms with Crippen molar-refractivity contribution >= 4 is 10.4 Å². The van der Waals surface area contributed by atoms with Crippen LogP contribution >= 0.6 is 0 Å².